The van der Waals surface area contributed by atoms with Crippen molar-refractivity contribution in [3.8, 4) is 11.7 Å². The third-order valence-electron chi connectivity index (χ3n) is 3.75. The maximum absolute atomic E-state index is 12.5. The summed E-state index contributed by atoms with van der Waals surface area (Å²) >= 11 is 9.26. The van der Waals surface area contributed by atoms with Gasteiger partial charge in [-0.1, -0.05) is 11.6 Å². The Labute approximate surface area is 179 Å². The second-order valence-corrected chi connectivity index (χ2v) is 7.24. The number of hydrogen-bond donors (Lipinski definition) is 1. The van der Waals surface area contributed by atoms with Crippen molar-refractivity contribution in [1.29, 1.82) is 0 Å². The van der Waals surface area contributed by atoms with Crippen LogP contribution in [0.3, 0.4) is 0 Å². The van der Waals surface area contributed by atoms with Crippen molar-refractivity contribution in [1.82, 2.24) is 29.7 Å². The molecule has 156 valence electrons. The molecular formula is C16H10BrClF3N7O2. The fraction of sp³-hybridized carbons (Fsp3) is 0.188. The first kappa shape index (κ1) is 20.3. The van der Waals surface area contributed by atoms with Gasteiger partial charge in [-0.25, -0.2) is 15.0 Å². The van der Waals surface area contributed by atoms with E-state index in [0.717, 1.165) is 12.1 Å². The highest BCUT2D eigenvalue weighted by molar-refractivity contribution is 9.10. The Kier molecular flexibility index (Phi) is 5.24. The lowest BCUT2D eigenvalue weighted by Crippen LogP contribution is -2.17. The van der Waals surface area contributed by atoms with Crippen LogP contribution in [0.4, 0.5) is 19.2 Å². The predicted octanol–water partition coefficient (Wildman–Crippen LogP) is 4.69. The van der Waals surface area contributed by atoms with Crippen LogP contribution in [-0.4, -0.2) is 36.1 Å². The van der Waals surface area contributed by atoms with E-state index in [1.165, 1.54) is 11.0 Å². The number of alkyl halides is 3. The number of oxazole rings is 1. The highest BCUT2D eigenvalue weighted by Gasteiger charge is 2.31. The zero-order chi connectivity index (χ0) is 21.5. The molecule has 0 amide bonds. The lowest BCUT2D eigenvalue weighted by Gasteiger charge is -2.12. The minimum atomic E-state index is -4.85. The van der Waals surface area contributed by atoms with Crippen LogP contribution >= 0.6 is 27.5 Å². The molecule has 3 heterocycles. The summed E-state index contributed by atoms with van der Waals surface area (Å²) in [5, 5.41) is 7.00. The number of hydrogen-bond acceptors (Lipinski definition) is 8. The SMILES string of the molecule is C[C@H](Nc1nc2cc(OC(F)(F)F)cc(Cl)c2o1)c1ncnn1-c1ncc(Br)cn1. The number of ether oxygens (including phenoxy) is 1. The zero-order valence-corrected chi connectivity index (χ0v) is 17.2. The van der Waals surface area contributed by atoms with E-state index in [9.17, 15) is 13.2 Å². The highest BCUT2D eigenvalue weighted by Crippen LogP contribution is 2.34. The van der Waals surface area contributed by atoms with Crippen LogP contribution in [-0.2, 0) is 0 Å². The van der Waals surface area contributed by atoms with Crippen molar-refractivity contribution < 1.29 is 22.3 Å². The predicted molar refractivity (Wildman–Crippen MR) is 102 cm³/mol. The van der Waals surface area contributed by atoms with Gasteiger partial charge in [0.15, 0.2) is 11.4 Å². The van der Waals surface area contributed by atoms with Crippen LogP contribution in [0.25, 0.3) is 17.0 Å². The van der Waals surface area contributed by atoms with Gasteiger partial charge in [0.25, 0.3) is 12.0 Å². The topological polar surface area (TPSA) is 104 Å². The molecule has 0 aliphatic heterocycles. The van der Waals surface area contributed by atoms with Crippen molar-refractivity contribution >= 4 is 44.6 Å². The summed E-state index contributed by atoms with van der Waals surface area (Å²) in [6, 6.07) is 1.62. The third-order valence-corrected chi connectivity index (χ3v) is 4.44. The van der Waals surface area contributed by atoms with E-state index in [4.69, 9.17) is 16.0 Å². The number of rotatable bonds is 5. The van der Waals surface area contributed by atoms with E-state index >= 15 is 0 Å². The van der Waals surface area contributed by atoms with Crippen molar-refractivity contribution in [2.75, 3.05) is 5.32 Å². The van der Waals surface area contributed by atoms with Crippen molar-refractivity contribution in [2.45, 2.75) is 19.3 Å². The smallest absolute Gasteiger partial charge is 0.422 e. The second-order valence-electron chi connectivity index (χ2n) is 5.92. The number of halogens is 5. The van der Waals surface area contributed by atoms with Crippen LogP contribution in [0.5, 0.6) is 5.75 Å². The minimum absolute atomic E-state index is 0.0230. The van der Waals surface area contributed by atoms with Gasteiger partial charge in [0.1, 0.15) is 17.6 Å². The number of aromatic nitrogens is 6. The molecule has 1 N–H and O–H groups in total. The Bertz CT molecular complexity index is 1200. The van der Waals surface area contributed by atoms with E-state index < -0.39 is 18.2 Å². The second kappa shape index (κ2) is 7.72. The van der Waals surface area contributed by atoms with Gasteiger partial charge in [-0.2, -0.15) is 14.8 Å². The van der Waals surface area contributed by atoms with E-state index in [1.807, 2.05) is 0 Å². The molecule has 14 heteroatoms. The normalized spacial score (nSPS) is 12.9. The molecule has 4 rings (SSSR count). The van der Waals surface area contributed by atoms with Gasteiger partial charge >= 0.3 is 6.36 Å². The van der Waals surface area contributed by atoms with Crippen LogP contribution in [0.15, 0.2) is 39.7 Å². The molecule has 30 heavy (non-hydrogen) atoms. The monoisotopic (exact) mass is 503 g/mol. The summed E-state index contributed by atoms with van der Waals surface area (Å²) < 4.78 is 48.9. The maximum Gasteiger partial charge on any atom is 0.573 e. The first-order valence-electron chi connectivity index (χ1n) is 8.20. The van der Waals surface area contributed by atoms with Gasteiger partial charge < -0.3 is 14.5 Å². The third kappa shape index (κ3) is 4.31. The average Bonchev–Trinajstić information content (AvgIpc) is 3.28. The Balaban J connectivity index is 1.60. The summed E-state index contributed by atoms with van der Waals surface area (Å²) in [5.41, 5.74) is 0.202. The number of anilines is 1. The average molecular weight is 505 g/mol. The fourth-order valence-corrected chi connectivity index (χ4v) is 3.03. The number of fused-ring (bicyclic) bond motifs is 1. The van der Waals surface area contributed by atoms with Crippen molar-refractivity contribution in [3.05, 3.63) is 46.2 Å². The Morgan fingerprint density at radius 3 is 2.67 bits per heavy atom. The Morgan fingerprint density at radius 2 is 1.97 bits per heavy atom. The van der Waals surface area contributed by atoms with Crippen molar-refractivity contribution in [3.63, 3.8) is 0 Å². The van der Waals surface area contributed by atoms with Gasteiger partial charge in [-0.05, 0) is 22.9 Å². The lowest BCUT2D eigenvalue weighted by molar-refractivity contribution is -0.274. The van der Waals surface area contributed by atoms with E-state index in [2.05, 4.69) is 51.0 Å². The molecule has 0 unspecified atom stereocenters. The Morgan fingerprint density at radius 1 is 1.23 bits per heavy atom. The molecule has 0 spiro atoms. The Hall–Kier alpha value is -2.93. The van der Waals surface area contributed by atoms with Crippen molar-refractivity contribution in [2.24, 2.45) is 0 Å². The molecule has 0 aliphatic rings. The van der Waals surface area contributed by atoms with Crippen LogP contribution < -0.4 is 10.1 Å². The summed E-state index contributed by atoms with van der Waals surface area (Å²) in [7, 11) is 0. The molecule has 0 bridgehead atoms. The van der Waals surface area contributed by atoms with Gasteiger partial charge in [0, 0.05) is 24.5 Å². The fourth-order valence-electron chi connectivity index (χ4n) is 2.59. The highest BCUT2D eigenvalue weighted by atomic mass is 79.9. The molecule has 3 aromatic heterocycles. The molecule has 0 saturated carbocycles. The van der Waals surface area contributed by atoms with Crippen LogP contribution in [0, 0.1) is 0 Å². The summed E-state index contributed by atoms with van der Waals surface area (Å²) in [5.74, 6) is 0.251. The van der Waals surface area contributed by atoms with Crippen LogP contribution in [0.2, 0.25) is 5.02 Å². The largest absolute Gasteiger partial charge is 0.573 e. The van der Waals surface area contributed by atoms with Gasteiger partial charge in [-0.15, -0.1) is 13.2 Å². The molecule has 0 saturated heterocycles. The minimum Gasteiger partial charge on any atom is -0.422 e. The molecule has 0 radical (unpaired) electrons. The first-order valence-corrected chi connectivity index (χ1v) is 9.37. The quantitative estimate of drug-likeness (QED) is 0.418. The number of benzene rings is 1. The first-order chi connectivity index (χ1) is 14.2. The molecule has 1 aromatic carbocycles. The van der Waals surface area contributed by atoms with Gasteiger partial charge in [0.05, 0.1) is 15.5 Å². The summed E-state index contributed by atoms with van der Waals surface area (Å²) in [6.45, 7) is 1.76. The summed E-state index contributed by atoms with van der Waals surface area (Å²) in [4.78, 5) is 16.7. The maximum atomic E-state index is 12.5. The molecule has 9 nitrogen and oxygen atoms in total. The van der Waals surface area contributed by atoms with E-state index in [-0.39, 0.29) is 22.1 Å². The zero-order valence-electron chi connectivity index (χ0n) is 14.9. The van der Waals surface area contributed by atoms with Crippen LogP contribution in [0.1, 0.15) is 18.8 Å². The summed E-state index contributed by atoms with van der Waals surface area (Å²) in [6.07, 6.45) is -0.386. The lowest BCUT2D eigenvalue weighted by atomic mass is 10.3. The van der Waals surface area contributed by atoms with E-state index in [0.29, 0.717) is 16.2 Å². The molecule has 0 aliphatic carbocycles. The molecule has 4 aromatic rings. The number of nitrogens with one attached hydrogen (secondary N) is 1. The molecular weight excluding hydrogens is 495 g/mol. The molecule has 1 atom stereocenters. The standard InChI is InChI=1S/C16H10BrClF3N7O2/c1-7(13-24-6-25-28(13)14-22-4-8(17)5-23-14)26-15-27-11-3-9(30-16(19,20)21)2-10(18)12(11)29-15/h2-7H,1H3,(H,26,27)/t7-/m0/s1. The van der Waals surface area contributed by atoms with Gasteiger partial charge in [-0.3, -0.25) is 0 Å². The number of nitrogens with zero attached hydrogens (tertiary/aromatic N) is 6. The van der Waals surface area contributed by atoms with Gasteiger partial charge in [0.2, 0.25) is 0 Å². The van der Waals surface area contributed by atoms with E-state index in [1.54, 1.807) is 19.3 Å². The molecule has 0 fully saturated rings.